The van der Waals surface area contributed by atoms with Crippen LogP contribution in [0.15, 0.2) is 30.3 Å². The molecule has 30 heavy (non-hydrogen) atoms. The van der Waals surface area contributed by atoms with Gasteiger partial charge in [0.25, 0.3) is 0 Å². The molecule has 2 heterocycles. The number of amides is 1. The molecule has 6 heteroatoms. The first-order chi connectivity index (χ1) is 14.3. The largest absolute Gasteiger partial charge is 0.365 e. The lowest BCUT2D eigenvalue weighted by atomic mass is 9.69. The summed E-state index contributed by atoms with van der Waals surface area (Å²) in [4.78, 5) is 18.1. The van der Waals surface area contributed by atoms with Crippen LogP contribution in [0.5, 0.6) is 0 Å². The Labute approximate surface area is 181 Å². The fraction of sp³-hybridized carbons (Fsp3) is 0.708. The number of aliphatic hydroxyl groups is 1. The Balaban J connectivity index is 1.37. The third-order valence-corrected chi connectivity index (χ3v) is 8.04. The van der Waals surface area contributed by atoms with Crippen molar-refractivity contribution in [2.45, 2.75) is 62.9 Å². The van der Waals surface area contributed by atoms with Crippen LogP contribution >= 0.6 is 0 Å². The lowest BCUT2D eigenvalue weighted by molar-refractivity contribution is -0.130. The van der Waals surface area contributed by atoms with E-state index in [1.54, 1.807) is 6.92 Å². The van der Waals surface area contributed by atoms with E-state index < -0.39 is 6.35 Å². The monoisotopic (exact) mass is 414 g/mol. The first-order valence-corrected chi connectivity index (χ1v) is 11.5. The summed E-state index contributed by atoms with van der Waals surface area (Å²) < 4.78 is 0. The lowest BCUT2D eigenvalue weighted by Gasteiger charge is -2.49. The summed E-state index contributed by atoms with van der Waals surface area (Å²) in [5.74, 6) is 0.737. The topological polar surface area (TPSA) is 59.1 Å². The van der Waals surface area contributed by atoms with Crippen LogP contribution in [0.25, 0.3) is 0 Å². The molecular formula is C24H38N4O2. The molecule has 6 nitrogen and oxygen atoms in total. The van der Waals surface area contributed by atoms with Gasteiger partial charge in [0, 0.05) is 44.2 Å². The zero-order valence-electron chi connectivity index (χ0n) is 18.8. The molecule has 1 spiro atoms. The van der Waals surface area contributed by atoms with Crippen molar-refractivity contribution in [2.75, 3.05) is 40.3 Å². The number of hydrogen-bond acceptors (Lipinski definition) is 5. The molecule has 1 atom stereocenters. The van der Waals surface area contributed by atoms with Gasteiger partial charge in [0.15, 0.2) is 6.35 Å². The third-order valence-electron chi connectivity index (χ3n) is 8.04. The number of carbonyl (C=O) groups excluding carboxylic acids is 1. The number of aliphatic hydroxyl groups excluding tert-OH is 1. The van der Waals surface area contributed by atoms with Crippen LogP contribution in [0.4, 0.5) is 0 Å². The maximum absolute atomic E-state index is 11.6. The minimum Gasteiger partial charge on any atom is -0.365 e. The number of nitrogens with zero attached hydrogens (tertiary/aromatic N) is 3. The van der Waals surface area contributed by atoms with Gasteiger partial charge in [0.2, 0.25) is 5.91 Å². The molecule has 2 saturated heterocycles. The molecule has 1 aliphatic carbocycles. The van der Waals surface area contributed by atoms with E-state index in [1.165, 1.54) is 5.56 Å². The number of carbonyl (C=O) groups is 1. The van der Waals surface area contributed by atoms with Crippen molar-refractivity contribution in [1.82, 2.24) is 20.0 Å². The lowest BCUT2D eigenvalue weighted by Crippen LogP contribution is -2.54. The predicted octanol–water partition coefficient (Wildman–Crippen LogP) is 2.20. The van der Waals surface area contributed by atoms with Crippen LogP contribution in [-0.2, 0) is 10.3 Å². The summed E-state index contributed by atoms with van der Waals surface area (Å²) >= 11 is 0. The highest BCUT2D eigenvalue weighted by atomic mass is 16.3. The van der Waals surface area contributed by atoms with Gasteiger partial charge in [-0.25, -0.2) is 0 Å². The van der Waals surface area contributed by atoms with E-state index in [4.69, 9.17) is 0 Å². The minimum atomic E-state index is -0.556. The quantitative estimate of drug-likeness (QED) is 0.791. The van der Waals surface area contributed by atoms with E-state index >= 15 is 0 Å². The Bertz CT molecular complexity index is 722. The third kappa shape index (κ3) is 4.15. The second-order valence-corrected chi connectivity index (χ2v) is 9.97. The van der Waals surface area contributed by atoms with Crippen molar-refractivity contribution in [2.24, 2.45) is 5.92 Å². The van der Waals surface area contributed by atoms with Gasteiger partial charge in [0.1, 0.15) is 0 Å². The standard InChI is InChI=1S/C24H38N4O2/c1-19(29)27-15-9-20(10-16-27)17-28-18-23(25-22(28)30)11-13-24(14-12-23,26(2)3)21-7-5-4-6-8-21/h4-8,20,22,25,30H,9-18H2,1-3H3/t22?,23-,24+. The molecule has 0 bridgehead atoms. The van der Waals surface area contributed by atoms with E-state index in [2.05, 4.69) is 59.5 Å². The fourth-order valence-electron chi connectivity index (χ4n) is 6.00. The molecule has 1 amide bonds. The first kappa shape index (κ1) is 21.8. The smallest absolute Gasteiger partial charge is 0.219 e. The Kier molecular flexibility index (Phi) is 6.22. The first-order valence-electron chi connectivity index (χ1n) is 11.5. The molecular weight excluding hydrogens is 376 g/mol. The minimum absolute atomic E-state index is 0.00773. The van der Waals surface area contributed by atoms with Crippen LogP contribution in [0, 0.1) is 5.92 Å². The molecule has 1 aromatic rings. The van der Waals surface area contributed by atoms with E-state index in [-0.39, 0.29) is 17.0 Å². The Hall–Kier alpha value is -1.47. The Morgan fingerprint density at radius 3 is 2.33 bits per heavy atom. The highest BCUT2D eigenvalue weighted by molar-refractivity contribution is 5.73. The van der Waals surface area contributed by atoms with Crippen LogP contribution < -0.4 is 5.32 Å². The maximum Gasteiger partial charge on any atom is 0.219 e. The number of likely N-dealkylation sites (tertiary alicyclic amines) is 1. The number of nitrogens with one attached hydrogen (secondary N) is 1. The molecule has 3 aliphatic rings. The van der Waals surface area contributed by atoms with Gasteiger partial charge < -0.3 is 10.0 Å². The highest BCUT2D eigenvalue weighted by Gasteiger charge is 2.50. The normalized spacial score (nSPS) is 33.5. The van der Waals surface area contributed by atoms with Crippen molar-refractivity contribution >= 4 is 5.91 Å². The maximum atomic E-state index is 11.6. The Morgan fingerprint density at radius 2 is 1.77 bits per heavy atom. The van der Waals surface area contributed by atoms with E-state index in [9.17, 15) is 9.90 Å². The molecule has 0 radical (unpaired) electrons. The second kappa shape index (κ2) is 8.58. The van der Waals surface area contributed by atoms with Gasteiger partial charge in [-0.2, -0.15) is 0 Å². The summed E-state index contributed by atoms with van der Waals surface area (Å²) in [7, 11) is 4.39. The van der Waals surface area contributed by atoms with Crippen molar-refractivity contribution in [3.05, 3.63) is 35.9 Å². The van der Waals surface area contributed by atoms with Gasteiger partial charge in [-0.15, -0.1) is 0 Å². The zero-order valence-corrected chi connectivity index (χ0v) is 18.8. The van der Waals surface area contributed by atoms with Crippen molar-refractivity contribution < 1.29 is 9.90 Å². The molecule has 2 aliphatic heterocycles. The van der Waals surface area contributed by atoms with Gasteiger partial charge in [0.05, 0.1) is 0 Å². The summed E-state index contributed by atoms with van der Waals surface area (Å²) in [6.07, 6.45) is 5.83. The molecule has 1 aromatic carbocycles. The average molecular weight is 415 g/mol. The molecule has 4 rings (SSSR count). The van der Waals surface area contributed by atoms with Crippen molar-refractivity contribution in [3.8, 4) is 0 Å². The van der Waals surface area contributed by atoms with Crippen molar-refractivity contribution in [3.63, 3.8) is 0 Å². The van der Waals surface area contributed by atoms with Crippen LogP contribution in [0.2, 0.25) is 0 Å². The summed E-state index contributed by atoms with van der Waals surface area (Å²) in [5.41, 5.74) is 1.48. The Morgan fingerprint density at radius 1 is 1.13 bits per heavy atom. The summed E-state index contributed by atoms with van der Waals surface area (Å²) in [6, 6.07) is 10.9. The van der Waals surface area contributed by atoms with E-state index in [1.807, 2.05) is 4.90 Å². The van der Waals surface area contributed by atoms with Crippen LogP contribution in [0.1, 0.15) is 51.0 Å². The number of benzene rings is 1. The summed E-state index contributed by atoms with van der Waals surface area (Å²) in [6.45, 7) is 5.19. The van der Waals surface area contributed by atoms with Crippen LogP contribution in [0.3, 0.4) is 0 Å². The molecule has 1 saturated carbocycles. The van der Waals surface area contributed by atoms with Gasteiger partial charge in [-0.3, -0.25) is 19.9 Å². The van der Waals surface area contributed by atoms with E-state index in [0.717, 1.165) is 64.7 Å². The van der Waals surface area contributed by atoms with Crippen molar-refractivity contribution in [1.29, 1.82) is 0 Å². The number of hydrogen-bond donors (Lipinski definition) is 2. The fourth-order valence-corrected chi connectivity index (χ4v) is 6.00. The number of rotatable bonds is 4. The number of piperidine rings is 1. The van der Waals surface area contributed by atoms with Gasteiger partial charge in [-0.05, 0) is 64.1 Å². The van der Waals surface area contributed by atoms with Gasteiger partial charge >= 0.3 is 0 Å². The SMILES string of the molecule is CC(=O)N1CCC(CN2C[C@]3(CC[C@](c4ccccc4)(N(C)C)CC3)NC2O)CC1. The molecule has 2 N–H and O–H groups in total. The highest BCUT2D eigenvalue weighted by Crippen LogP contribution is 2.46. The molecule has 1 unspecified atom stereocenters. The molecule has 166 valence electrons. The average Bonchev–Trinajstić information content (AvgIpc) is 3.04. The second-order valence-electron chi connectivity index (χ2n) is 9.97. The van der Waals surface area contributed by atoms with E-state index in [0.29, 0.717) is 5.92 Å². The summed E-state index contributed by atoms with van der Waals surface area (Å²) in [5, 5.41) is 14.3. The molecule has 0 aromatic heterocycles. The zero-order chi connectivity index (χ0) is 21.4. The van der Waals surface area contributed by atoms with Gasteiger partial charge in [-0.1, -0.05) is 30.3 Å². The van der Waals surface area contributed by atoms with Crippen LogP contribution in [-0.4, -0.2) is 77.9 Å². The molecule has 3 fully saturated rings. The predicted molar refractivity (Wildman–Crippen MR) is 119 cm³/mol.